The van der Waals surface area contributed by atoms with Gasteiger partial charge in [0.15, 0.2) is 0 Å². The second-order valence-electron chi connectivity index (χ2n) is 2.97. The lowest BCUT2D eigenvalue weighted by molar-refractivity contribution is 0.355. The molecular weight excluding hydrogens is 142 g/mol. The molecule has 2 N–H and O–H groups in total. The number of anilines is 1. The van der Waals surface area contributed by atoms with Crippen LogP contribution in [0.1, 0.15) is 37.5 Å². The minimum Gasteiger partial charge on any atom is -0.365 e. The summed E-state index contributed by atoms with van der Waals surface area (Å²) in [4.78, 5) is 3.99. The van der Waals surface area contributed by atoms with E-state index in [-0.39, 0.29) is 5.95 Å². The summed E-state index contributed by atoms with van der Waals surface area (Å²) in [5, 5.41) is 3.55. The highest BCUT2D eigenvalue weighted by atomic mass is 16.5. The third kappa shape index (κ3) is 1.20. The molecule has 60 valence electrons. The van der Waals surface area contributed by atoms with E-state index in [0.29, 0.717) is 5.92 Å². The van der Waals surface area contributed by atoms with Gasteiger partial charge < -0.3 is 10.3 Å². The molecule has 0 unspecified atom stereocenters. The van der Waals surface area contributed by atoms with Crippen molar-refractivity contribution in [1.82, 2.24) is 10.1 Å². The van der Waals surface area contributed by atoms with Crippen LogP contribution in [0.4, 0.5) is 5.95 Å². The zero-order chi connectivity index (χ0) is 7.68. The van der Waals surface area contributed by atoms with E-state index in [1.54, 1.807) is 0 Å². The highest BCUT2D eigenvalue weighted by Gasteiger charge is 2.22. The summed E-state index contributed by atoms with van der Waals surface area (Å²) in [6.45, 7) is 0. The first-order valence-corrected chi connectivity index (χ1v) is 3.95. The van der Waals surface area contributed by atoms with Crippen molar-refractivity contribution in [2.75, 3.05) is 5.73 Å². The molecule has 4 nitrogen and oxygen atoms in total. The molecule has 1 saturated carbocycles. The van der Waals surface area contributed by atoms with Gasteiger partial charge in [-0.3, -0.25) is 0 Å². The molecule has 1 aromatic heterocycles. The Kier molecular flexibility index (Phi) is 1.52. The van der Waals surface area contributed by atoms with Gasteiger partial charge in [-0.1, -0.05) is 12.8 Å². The maximum Gasteiger partial charge on any atom is 0.260 e. The molecule has 0 atom stereocenters. The molecule has 1 heterocycles. The van der Waals surface area contributed by atoms with E-state index < -0.39 is 0 Å². The molecule has 0 amide bonds. The number of nitrogens with zero attached hydrogens (tertiary/aromatic N) is 2. The van der Waals surface area contributed by atoms with Crippen molar-refractivity contribution in [1.29, 1.82) is 0 Å². The van der Waals surface area contributed by atoms with Crippen molar-refractivity contribution < 1.29 is 4.52 Å². The predicted octanol–water partition coefficient (Wildman–Crippen LogP) is 1.31. The molecule has 1 aliphatic rings. The van der Waals surface area contributed by atoms with Crippen LogP contribution in [0.15, 0.2) is 4.52 Å². The van der Waals surface area contributed by atoms with Gasteiger partial charge in [-0.05, 0) is 18.0 Å². The summed E-state index contributed by atoms with van der Waals surface area (Å²) in [5.41, 5.74) is 5.33. The molecule has 1 aromatic rings. The summed E-state index contributed by atoms with van der Waals surface area (Å²) in [5.74, 6) is 1.45. The van der Waals surface area contributed by atoms with Crippen molar-refractivity contribution in [3.05, 3.63) is 5.89 Å². The van der Waals surface area contributed by atoms with Crippen molar-refractivity contribution in [3.63, 3.8) is 0 Å². The van der Waals surface area contributed by atoms with Crippen molar-refractivity contribution in [3.8, 4) is 0 Å². The van der Waals surface area contributed by atoms with Gasteiger partial charge in [0.1, 0.15) is 0 Å². The quantitative estimate of drug-likeness (QED) is 0.660. The van der Waals surface area contributed by atoms with E-state index in [2.05, 4.69) is 10.1 Å². The lowest BCUT2D eigenvalue weighted by Gasteiger charge is -1.98. The predicted molar refractivity (Wildman–Crippen MR) is 39.9 cm³/mol. The van der Waals surface area contributed by atoms with Gasteiger partial charge in [0.25, 0.3) is 5.95 Å². The number of nitrogen functional groups attached to an aromatic ring is 1. The second kappa shape index (κ2) is 2.53. The van der Waals surface area contributed by atoms with Gasteiger partial charge in [-0.25, -0.2) is 0 Å². The lowest BCUT2D eigenvalue weighted by atomic mass is 10.1. The molecule has 0 spiro atoms. The summed E-state index contributed by atoms with van der Waals surface area (Å²) >= 11 is 0. The van der Waals surface area contributed by atoms with Crippen molar-refractivity contribution in [2.45, 2.75) is 31.6 Å². The maximum atomic E-state index is 5.33. The van der Waals surface area contributed by atoms with Crippen LogP contribution in [0.25, 0.3) is 0 Å². The van der Waals surface area contributed by atoms with Gasteiger partial charge in [-0.2, -0.15) is 4.98 Å². The van der Waals surface area contributed by atoms with Crippen LogP contribution in [0.2, 0.25) is 0 Å². The van der Waals surface area contributed by atoms with Crippen LogP contribution in [-0.2, 0) is 0 Å². The fourth-order valence-electron chi connectivity index (χ4n) is 1.59. The second-order valence-corrected chi connectivity index (χ2v) is 2.97. The molecular formula is C7H11N3O. The third-order valence-electron chi connectivity index (χ3n) is 2.16. The number of hydrogen-bond donors (Lipinski definition) is 1. The Morgan fingerprint density at radius 2 is 2.09 bits per heavy atom. The van der Waals surface area contributed by atoms with Crippen LogP contribution < -0.4 is 5.73 Å². The van der Waals surface area contributed by atoms with E-state index in [9.17, 15) is 0 Å². The Morgan fingerprint density at radius 3 is 2.64 bits per heavy atom. The molecule has 0 bridgehead atoms. The van der Waals surface area contributed by atoms with Gasteiger partial charge >= 0.3 is 0 Å². The number of rotatable bonds is 1. The molecule has 0 aromatic carbocycles. The van der Waals surface area contributed by atoms with Crippen LogP contribution in [0.5, 0.6) is 0 Å². The Labute approximate surface area is 64.8 Å². The zero-order valence-electron chi connectivity index (χ0n) is 6.29. The summed E-state index contributed by atoms with van der Waals surface area (Å²) in [7, 11) is 0. The average molecular weight is 153 g/mol. The largest absolute Gasteiger partial charge is 0.365 e. The van der Waals surface area contributed by atoms with Crippen molar-refractivity contribution in [2.24, 2.45) is 0 Å². The normalized spacial score (nSPS) is 19.3. The SMILES string of the molecule is Nc1noc(C2CCCC2)n1. The Bertz CT molecular complexity index is 240. The Morgan fingerprint density at radius 1 is 1.36 bits per heavy atom. The van der Waals surface area contributed by atoms with E-state index in [1.807, 2.05) is 0 Å². The molecule has 11 heavy (non-hydrogen) atoms. The van der Waals surface area contributed by atoms with E-state index >= 15 is 0 Å². The van der Waals surface area contributed by atoms with Crippen LogP contribution in [-0.4, -0.2) is 10.1 Å². The van der Waals surface area contributed by atoms with Gasteiger partial charge in [0, 0.05) is 5.92 Å². The fraction of sp³-hybridized carbons (Fsp3) is 0.714. The first-order chi connectivity index (χ1) is 5.36. The Balaban J connectivity index is 2.15. The molecule has 0 radical (unpaired) electrons. The standard InChI is InChI=1S/C7H11N3O/c8-7-9-6(11-10-7)5-3-1-2-4-5/h5H,1-4H2,(H2,8,10). The van der Waals surface area contributed by atoms with Gasteiger partial charge in [0.2, 0.25) is 5.89 Å². The van der Waals surface area contributed by atoms with Crippen LogP contribution in [0.3, 0.4) is 0 Å². The number of aromatic nitrogens is 2. The van der Waals surface area contributed by atoms with Crippen LogP contribution in [0, 0.1) is 0 Å². The summed E-state index contributed by atoms with van der Waals surface area (Å²) < 4.78 is 4.96. The van der Waals surface area contributed by atoms with Crippen molar-refractivity contribution >= 4 is 5.95 Å². The summed E-state index contributed by atoms with van der Waals surface area (Å²) in [6.07, 6.45) is 4.88. The topological polar surface area (TPSA) is 64.9 Å². The average Bonchev–Trinajstić information content (AvgIpc) is 2.55. The number of nitrogens with two attached hydrogens (primary N) is 1. The van der Waals surface area contributed by atoms with E-state index in [0.717, 1.165) is 5.89 Å². The molecule has 0 aliphatic heterocycles. The van der Waals surface area contributed by atoms with Crippen LogP contribution >= 0.6 is 0 Å². The first kappa shape index (κ1) is 6.64. The molecule has 1 aliphatic carbocycles. The highest BCUT2D eigenvalue weighted by molar-refractivity contribution is 5.12. The smallest absolute Gasteiger partial charge is 0.260 e. The highest BCUT2D eigenvalue weighted by Crippen LogP contribution is 2.32. The van der Waals surface area contributed by atoms with Gasteiger partial charge in [-0.15, -0.1) is 0 Å². The first-order valence-electron chi connectivity index (χ1n) is 3.95. The molecule has 0 saturated heterocycles. The van der Waals surface area contributed by atoms with E-state index in [1.165, 1.54) is 25.7 Å². The molecule has 2 rings (SSSR count). The monoisotopic (exact) mass is 153 g/mol. The van der Waals surface area contributed by atoms with E-state index in [4.69, 9.17) is 10.3 Å². The summed E-state index contributed by atoms with van der Waals surface area (Å²) in [6, 6.07) is 0. The maximum absolute atomic E-state index is 5.33. The molecule has 4 heteroatoms. The Hall–Kier alpha value is -1.06. The van der Waals surface area contributed by atoms with Gasteiger partial charge in [0.05, 0.1) is 0 Å². The minimum atomic E-state index is 0.256. The zero-order valence-corrected chi connectivity index (χ0v) is 6.29. The minimum absolute atomic E-state index is 0.256. The third-order valence-corrected chi connectivity index (χ3v) is 2.16. The number of hydrogen-bond acceptors (Lipinski definition) is 4. The fourth-order valence-corrected chi connectivity index (χ4v) is 1.59. The molecule has 1 fully saturated rings. The lowest BCUT2D eigenvalue weighted by Crippen LogP contribution is -1.92.